The predicted molar refractivity (Wildman–Crippen MR) is 157 cm³/mol. The molecule has 10 heteroatoms. The van der Waals surface area contributed by atoms with Crippen LogP contribution < -0.4 is 10.6 Å². The number of unbranched alkanes of at least 4 members (excludes halogenated alkanes) is 3. The van der Waals surface area contributed by atoms with Gasteiger partial charge in [0.2, 0.25) is 0 Å². The van der Waals surface area contributed by atoms with Crippen LogP contribution in [0.25, 0.3) is 0 Å². The molecule has 0 heterocycles. The molecule has 2 N–H and O–H groups in total. The smallest absolute Gasteiger partial charge is 0.407 e. The lowest BCUT2D eigenvalue weighted by atomic mass is 10.0. The first-order valence-corrected chi connectivity index (χ1v) is 13.9. The summed E-state index contributed by atoms with van der Waals surface area (Å²) in [5.74, 6) is 1.05. The first-order valence-electron chi connectivity index (χ1n) is 13.9. The highest BCUT2D eigenvalue weighted by Gasteiger charge is 2.16. The van der Waals surface area contributed by atoms with E-state index in [2.05, 4.69) is 36.9 Å². The number of hydrogen-bond acceptors (Lipinski definition) is 8. The standard InChI is InChI=1S/C30H52N2O8/c1-23(2)13-15-27(16-14-24(3)4)39-29(33)31-17-11-9-10-12-18-32-30(34)40-28(19-35-21-37-25(5)6)20-36-22-38-26(7)8/h27-28H,1,3,5,7,9-22H2,2,4,6,8H3,(H,31,33)(H,32,34). The number of ether oxygens (including phenoxy) is 6. The van der Waals surface area contributed by atoms with Crippen LogP contribution in [0.4, 0.5) is 9.59 Å². The van der Waals surface area contributed by atoms with Crippen LogP contribution >= 0.6 is 0 Å². The lowest BCUT2D eigenvalue weighted by Gasteiger charge is -2.19. The van der Waals surface area contributed by atoms with Gasteiger partial charge < -0.3 is 39.1 Å². The molecule has 0 aliphatic carbocycles. The monoisotopic (exact) mass is 568 g/mol. The SMILES string of the molecule is C=C(C)CCC(CCC(=C)C)OC(=O)NCCCCCCNC(=O)OC(COCOC(=C)C)COCOC(=C)C. The van der Waals surface area contributed by atoms with Crippen molar-refractivity contribution in [1.82, 2.24) is 10.6 Å². The fourth-order valence-electron chi connectivity index (χ4n) is 3.21. The molecule has 0 aromatic rings. The second-order valence-corrected chi connectivity index (χ2v) is 9.98. The second kappa shape index (κ2) is 23.9. The number of amides is 2. The van der Waals surface area contributed by atoms with E-state index in [1.165, 1.54) is 0 Å². The summed E-state index contributed by atoms with van der Waals surface area (Å²) < 4.78 is 32.1. The topological polar surface area (TPSA) is 114 Å². The van der Waals surface area contributed by atoms with Crippen molar-refractivity contribution in [2.75, 3.05) is 39.9 Å². The zero-order valence-corrected chi connectivity index (χ0v) is 25.1. The van der Waals surface area contributed by atoms with Crippen molar-refractivity contribution in [1.29, 1.82) is 0 Å². The average Bonchev–Trinajstić information content (AvgIpc) is 2.86. The lowest BCUT2D eigenvalue weighted by molar-refractivity contribution is -0.0980. The maximum absolute atomic E-state index is 12.2. The largest absolute Gasteiger partial charge is 0.473 e. The van der Waals surface area contributed by atoms with Crippen LogP contribution in [0.5, 0.6) is 0 Å². The summed E-state index contributed by atoms with van der Waals surface area (Å²) in [6.07, 6.45) is 4.83. The zero-order valence-electron chi connectivity index (χ0n) is 25.1. The van der Waals surface area contributed by atoms with Gasteiger partial charge in [-0.05, 0) is 66.2 Å². The molecule has 0 saturated carbocycles. The van der Waals surface area contributed by atoms with E-state index in [4.69, 9.17) is 28.4 Å². The molecule has 0 radical (unpaired) electrons. The molecule has 10 nitrogen and oxygen atoms in total. The van der Waals surface area contributed by atoms with E-state index in [-0.39, 0.29) is 32.9 Å². The molecule has 40 heavy (non-hydrogen) atoms. The minimum absolute atomic E-state index is 0.00371. The van der Waals surface area contributed by atoms with E-state index in [0.717, 1.165) is 62.5 Å². The Balaban J connectivity index is 4.13. The third-order valence-electron chi connectivity index (χ3n) is 5.36. The second-order valence-electron chi connectivity index (χ2n) is 9.98. The average molecular weight is 569 g/mol. The summed E-state index contributed by atoms with van der Waals surface area (Å²) >= 11 is 0. The first kappa shape index (κ1) is 37.0. The molecule has 0 fully saturated rings. The Bertz CT molecular complexity index is 744. The predicted octanol–water partition coefficient (Wildman–Crippen LogP) is 6.50. The van der Waals surface area contributed by atoms with Gasteiger partial charge in [-0.2, -0.15) is 0 Å². The number of rotatable bonds is 25. The number of carbonyl (C=O) groups is 2. The Morgan fingerprint density at radius 3 is 1.40 bits per heavy atom. The van der Waals surface area contributed by atoms with Gasteiger partial charge in [0, 0.05) is 13.1 Å². The maximum Gasteiger partial charge on any atom is 0.407 e. The van der Waals surface area contributed by atoms with Crippen LogP contribution in [0.3, 0.4) is 0 Å². The van der Waals surface area contributed by atoms with Crippen molar-refractivity contribution >= 4 is 12.2 Å². The highest BCUT2D eigenvalue weighted by molar-refractivity contribution is 5.67. The Labute approximate surface area is 241 Å². The number of allylic oxidation sites excluding steroid dienone is 4. The van der Waals surface area contributed by atoms with Crippen molar-refractivity contribution in [3.05, 3.63) is 49.0 Å². The van der Waals surface area contributed by atoms with Crippen molar-refractivity contribution in [3.63, 3.8) is 0 Å². The van der Waals surface area contributed by atoms with Gasteiger partial charge in [0.15, 0.2) is 19.7 Å². The molecule has 0 saturated heterocycles. The Morgan fingerprint density at radius 1 is 0.625 bits per heavy atom. The first-order chi connectivity index (χ1) is 19.0. The third kappa shape index (κ3) is 25.3. The van der Waals surface area contributed by atoms with Crippen LogP contribution in [0, 0.1) is 0 Å². The van der Waals surface area contributed by atoms with Gasteiger partial charge in [0.1, 0.15) is 6.10 Å². The summed E-state index contributed by atoms with van der Waals surface area (Å²) in [5.41, 5.74) is 2.15. The molecule has 0 aromatic carbocycles. The van der Waals surface area contributed by atoms with Crippen molar-refractivity contribution in [2.24, 2.45) is 0 Å². The number of nitrogens with one attached hydrogen (secondary N) is 2. The molecular weight excluding hydrogens is 516 g/mol. The van der Waals surface area contributed by atoms with Crippen molar-refractivity contribution < 1.29 is 38.0 Å². The van der Waals surface area contributed by atoms with E-state index in [1.807, 2.05) is 13.8 Å². The van der Waals surface area contributed by atoms with Crippen LogP contribution in [0.1, 0.15) is 79.1 Å². The van der Waals surface area contributed by atoms with Gasteiger partial charge in [-0.1, -0.05) is 37.1 Å². The van der Waals surface area contributed by atoms with E-state index in [1.54, 1.807) is 13.8 Å². The summed E-state index contributed by atoms with van der Waals surface area (Å²) in [4.78, 5) is 24.4. The molecule has 0 atom stereocenters. The summed E-state index contributed by atoms with van der Waals surface area (Å²) in [7, 11) is 0. The normalized spacial score (nSPS) is 10.7. The number of alkyl carbamates (subject to hydrolysis) is 2. The van der Waals surface area contributed by atoms with E-state index in [0.29, 0.717) is 24.6 Å². The molecule has 0 bridgehead atoms. The van der Waals surface area contributed by atoms with E-state index >= 15 is 0 Å². The van der Waals surface area contributed by atoms with Gasteiger partial charge >= 0.3 is 12.2 Å². The fourth-order valence-corrected chi connectivity index (χ4v) is 3.21. The Hall–Kier alpha value is -2.98. The Morgan fingerprint density at radius 2 is 1.02 bits per heavy atom. The third-order valence-corrected chi connectivity index (χ3v) is 5.36. The van der Waals surface area contributed by atoms with Gasteiger partial charge in [0.25, 0.3) is 0 Å². The lowest BCUT2D eigenvalue weighted by Crippen LogP contribution is -2.35. The van der Waals surface area contributed by atoms with Gasteiger partial charge in [-0.15, -0.1) is 13.2 Å². The minimum Gasteiger partial charge on any atom is -0.473 e. The molecule has 0 spiro atoms. The number of hydrogen-bond donors (Lipinski definition) is 2. The Kier molecular flexibility index (Phi) is 22.1. The zero-order chi connectivity index (χ0) is 30.2. The van der Waals surface area contributed by atoms with Crippen molar-refractivity contribution in [3.8, 4) is 0 Å². The summed E-state index contributed by atoms with van der Waals surface area (Å²) in [6.45, 7) is 23.6. The maximum atomic E-state index is 12.2. The molecule has 0 aliphatic rings. The van der Waals surface area contributed by atoms with E-state index < -0.39 is 18.3 Å². The molecule has 0 aromatic heterocycles. The molecule has 230 valence electrons. The van der Waals surface area contributed by atoms with Crippen molar-refractivity contribution in [2.45, 2.75) is 91.3 Å². The quantitative estimate of drug-likeness (QED) is 0.0555. The summed E-state index contributed by atoms with van der Waals surface area (Å²) in [6, 6.07) is 0. The van der Waals surface area contributed by atoms with Crippen LogP contribution in [-0.4, -0.2) is 64.3 Å². The highest BCUT2D eigenvalue weighted by Crippen LogP contribution is 2.15. The number of carbonyl (C=O) groups excluding carboxylic acids is 2. The highest BCUT2D eigenvalue weighted by atomic mass is 16.7. The van der Waals surface area contributed by atoms with Gasteiger partial charge in [-0.25, -0.2) is 9.59 Å². The molecule has 2 amide bonds. The molecule has 0 rings (SSSR count). The fraction of sp³-hybridized carbons (Fsp3) is 0.667. The molecule has 0 aliphatic heterocycles. The van der Waals surface area contributed by atoms with Crippen LogP contribution in [-0.2, 0) is 28.4 Å². The van der Waals surface area contributed by atoms with E-state index in [9.17, 15) is 9.59 Å². The van der Waals surface area contributed by atoms with Crippen LogP contribution in [0.2, 0.25) is 0 Å². The molecule has 0 unspecified atom stereocenters. The summed E-state index contributed by atoms with van der Waals surface area (Å²) in [5, 5.41) is 5.56. The molecular formula is C30H52N2O8. The minimum atomic E-state index is -0.644. The van der Waals surface area contributed by atoms with Gasteiger partial charge in [0.05, 0.1) is 24.7 Å². The van der Waals surface area contributed by atoms with Crippen LogP contribution in [0.15, 0.2) is 49.0 Å². The van der Waals surface area contributed by atoms with Gasteiger partial charge in [-0.3, -0.25) is 0 Å².